The second kappa shape index (κ2) is 8.43. The number of Topliss-reactive ketones (excluding diaryl/α,β-unsaturated/α-hetero) is 1. The topological polar surface area (TPSA) is 112 Å². The Bertz CT molecular complexity index is 1450. The van der Waals surface area contributed by atoms with Gasteiger partial charge in [-0.15, -0.1) is 0 Å². The third-order valence-electron chi connectivity index (χ3n) is 5.61. The summed E-state index contributed by atoms with van der Waals surface area (Å²) in [4.78, 5) is 41.9. The number of H-pyrrole nitrogens is 1. The molecule has 0 spiro atoms. The van der Waals surface area contributed by atoms with Crippen LogP contribution in [0.25, 0.3) is 22.0 Å². The number of fused-ring (bicyclic) bond motifs is 2. The van der Waals surface area contributed by atoms with Gasteiger partial charge < -0.3 is 29.1 Å². The number of anilines is 1. The van der Waals surface area contributed by atoms with Gasteiger partial charge in [-0.3, -0.25) is 9.59 Å². The highest BCUT2D eigenvalue weighted by molar-refractivity contribution is 6.48. The van der Waals surface area contributed by atoms with E-state index in [9.17, 15) is 14.4 Å². The molecule has 2 aromatic heterocycles. The van der Waals surface area contributed by atoms with E-state index in [2.05, 4.69) is 10.3 Å². The van der Waals surface area contributed by atoms with Crippen LogP contribution < -0.4 is 14.8 Å². The average molecular weight is 459 g/mol. The zero-order valence-electron chi connectivity index (χ0n) is 18.5. The van der Waals surface area contributed by atoms with E-state index in [0.29, 0.717) is 28.0 Å². The highest BCUT2D eigenvalue weighted by Crippen LogP contribution is 2.40. The fraction of sp³-hybridized carbons (Fsp3) is 0.160. The first-order valence-electron chi connectivity index (χ1n) is 10.7. The second-order valence-corrected chi connectivity index (χ2v) is 7.70. The van der Waals surface area contributed by atoms with Crippen LogP contribution in [0.2, 0.25) is 0 Å². The third kappa shape index (κ3) is 3.57. The van der Waals surface area contributed by atoms with Crippen molar-refractivity contribution < 1.29 is 28.6 Å². The predicted molar refractivity (Wildman–Crippen MR) is 124 cm³/mol. The number of hydrogen-bond acceptors (Lipinski definition) is 6. The molecule has 0 atom stereocenters. The quantitative estimate of drug-likeness (QED) is 0.257. The molecule has 0 aliphatic carbocycles. The summed E-state index contributed by atoms with van der Waals surface area (Å²) >= 11 is 0. The molecule has 172 valence electrons. The molecule has 0 unspecified atom stereocenters. The van der Waals surface area contributed by atoms with Crippen molar-refractivity contribution in [1.82, 2.24) is 9.55 Å². The van der Waals surface area contributed by atoms with Crippen LogP contribution in [0.3, 0.4) is 0 Å². The van der Waals surface area contributed by atoms with Gasteiger partial charge in [0.25, 0.3) is 11.7 Å². The molecule has 1 aliphatic heterocycles. The van der Waals surface area contributed by atoms with E-state index in [4.69, 9.17) is 14.2 Å². The Labute approximate surface area is 194 Å². The fourth-order valence-corrected chi connectivity index (χ4v) is 4.03. The van der Waals surface area contributed by atoms with Gasteiger partial charge in [-0.1, -0.05) is 24.3 Å². The molecule has 9 nitrogen and oxygen atoms in total. The molecule has 0 fully saturated rings. The number of para-hydroxylation sites is 1. The number of ether oxygens (including phenoxy) is 3. The lowest BCUT2D eigenvalue weighted by atomic mass is 10.0. The predicted octanol–water partition coefficient (Wildman–Crippen LogP) is 3.90. The Hall–Kier alpha value is -4.53. The molecule has 3 heterocycles. The van der Waals surface area contributed by atoms with Crippen LogP contribution in [-0.2, 0) is 16.6 Å². The molecule has 0 saturated heterocycles. The van der Waals surface area contributed by atoms with Gasteiger partial charge in [0, 0.05) is 35.9 Å². The molecule has 34 heavy (non-hydrogen) atoms. The fourth-order valence-electron chi connectivity index (χ4n) is 4.03. The molecular weight excluding hydrogens is 438 g/mol. The second-order valence-electron chi connectivity index (χ2n) is 7.70. The number of esters is 1. The van der Waals surface area contributed by atoms with Crippen molar-refractivity contribution in [2.45, 2.75) is 6.92 Å². The maximum Gasteiger partial charge on any atom is 0.357 e. The molecule has 1 amide bonds. The summed E-state index contributed by atoms with van der Waals surface area (Å²) in [5.41, 5.74) is 2.49. The van der Waals surface area contributed by atoms with Gasteiger partial charge in [-0.25, -0.2) is 4.79 Å². The van der Waals surface area contributed by atoms with Crippen molar-refractivity contribution in [2.75, 3.05) is 18.7 Å². The zero-order chi connectivity index (χ0) is 23.8. The Morgan fingerprint density at radius 2 is 1.91 bits per heavy atom. The molecular formula is C25H21N3O6. The van der Waals surface area contributed by atoms with Crippen molar-refractivity contribution in [2.24, 2.45) is 7.05 Å². The number of aromatic nitrogens is 2. The highest BCUT2D eigenvalue weighted by atomic mass is 16.7. The Balaban J connectivity index is 1.55. The van der Waals surface area contributed by atoms with Crippen LogP contribution in [0.5, 0.6) is 11.5 Å². The SMILES string of the molecule is CCOC(=O)c1c(NC(=O)C(=O)c2c[nH]c3ccccc23)c(-c2ccc3c(c2)OCO3)cn1C. The van der Waals surface area contributed by atoms with Gasteiger partial charge in [0.05, 0.1) is 17.9 Å². The van der Waals surface area contributed by atoms with E-state index in [1.807, 2.05) is 12.1 Å². The normalized spacial score (nSPS) is 12.1. The zero-order valence-corrected chi connectivity index (χ0v) is 18.5. The molecule has 1 aliphatic rings. The maximum absolute atomic E-state index is 13.1. The van der Waals surface area contributed by atoms with E-state index < -0.39 is 17.7 Å². The number of carbonyl (C=O) groups excluding carboxylic acids is 3. The Morgan fingerprint density at radius 3 is 2.74 bits per heavy atom. The maximum atomic E-state index is 13.1. The minimum Gasteiger partial charge on any atom is -0.461 e. The van der Waals surface area contributed by atoms with Gasteiger partial charge in [0.1, 0.15) is 0 Å². The number of ketones is 1. The lowest BCUT2D eigenvalue weighted by Gasteiger charge is -2.10. The van der Waals surface area contributed by atoms with Gasteiger partial charge >= 0.3 is 5.97 Å². The van der Waals surface area contributed by atoms with Crippen LogP contribution in [0.1, 0.15) is 27.8 Å². The summed E-state index contributed by atoms with van der Waals surface area (Å²) in [6, 6.07) is 12.5. The minimum atomic E-state index is -0.872. The molecule has 5 rings (SSSR count). The van der Waals surface area contributed by atoms with E-state index in [0.717, 1.165) is 5.52 Å². The molecule has 4 aromatic rings. The van der Waals surface area contributed by atoms with Crippen molar-refractivity contribution in [3.8, 4) is 22.6 Å². The molecule has 2 N–H and O–H groups in total. The number of benzene rings is 2. The monoisotopic (exact) mass is 459 g/mol. The molecule has 9 heteroatoms. The van der Waals surface area contributed by atoms with Crippen molar-refractivity contribution >= 4 is 34.3 Å². The third-order valence-corrected chi connectivity index (χ3v) is 5.61. The van der Waals surface area contributed by atoms with Crippen LogP contribution in [0.4, 0.5) is 5.69 Å². The van der Waals surface area contributed by atoms with Crippen LogP contribution in [0.15, 0.2) is 54.9 Å². The van der Waals surface area contributed by atoms with Gasteiger partial charge in [-0.05, 0) is 30.7 Å². The summed E-state index contributed by atoms with van der Waals surface area (Å²) in [5.74, 6) is -1.07. The van der Waals surface area contributed by atoms with Gasteiger partial charge in [-0.2, -0.15) is 0 Å². The summed E-state index contributed by atoms with van der Waals surface area (Å²) in [6.07, 6.45) is 3.19. The van der Waals surface area contributed by atoms with Crippen molar-refractivity contribution in [3.05, 3.63) is 66.1 Å². The summed E-state index contributed by atoms with van der Waals surface area (Å²) in [7, 11) is 1.67. The smallest absolute Gasteiger partial charge is 0.357 e. The van der Waals surface area contributed by atoms with Gasteiger partial charge in [0.15, 0.2) is 17.2 Å². The van der Waals surface area contributed by atoms with Crippen molar-refractivity contribution in [3.63, 3.8) is 0 Å². The summed E-state index contributed by atoms with van der Waals surface area (Å²) < 4.78 is 17.6. The molecule has 0 radical (unpaired) electrons. The van der Waals surface area contributed by atoms with E-state index in [1.54, 1.807) is 55.1 Å². The molecule has 2 aromatic carbocycles. The summed E-state index contributed by atoms with van der Waals surface area (Å²) in [6.45, 7) is 1.97. The number of hydrogen-bond donors (Lipinski definition) is 2. The Morgan fingerprint density at radius 1 is 1.12 bits per heavy atom. The first-order valence-corrected chi connectivity index (χ1v) is 10.7. The number of aryl methyl sites for hydroxylation is 1. The Kier molecular flexibility index (Phi) is 5.29. The molecule has 0 saturated carbocycles. The van der Waals surface area contributed by atoms with Gasteiger partial charge in [0.2, 0.25) is 6.79 Å². The highest BCUT2D eigenvalue weighted by Gasteiger charge is 2.28. The lowest BCUT2D eigenvalue weighted by molar-refractivity contribution is -0.112. The number of nitrogens with zero attached hydrogens (tertiary/aromatic N) is 1. The number of nitrogens with one attached hydrogen (secondary N) is 2. The van der Waals surface area contributed by atoms with Crippen LogP contribution in [0, 0.1) is 0 Å². The number of aromatic amines is 1. The molecule has 0 bridgehead atoms. The first-order chi connectivity index (χ1) is 16.5. The number of amides is 1. The van der Waals surface area contributed by atoms with Crippen LogP contribution in [-0.4, -0.2) is 40.6 Å². The number of carbonyl (C=O) groups is 3. The van der Waals surface area contributed by atoms with Crippen molar-refractivity contribution in [1.29, 1.82) is 0 Å². The average Bonchev–Trinajstić information content (AvgIpc) is 3.55. The largest absolute Gasteiger partial charge is 0.461 e. The first kappa shape index (κ1) is 21.3. The van der Waals surface area contributed by atoms with Crippen LogP contribution >= 0.6 is 0 Å². The lowest BCUT2D eigenvalue weighted by Crippen LogP contribution is -2.24. The van der Waals surface area contributed by atoms with E-state index in [-0.39, 0.29) is 30.3 Å². The summed E-state index contributed by atoms with van der Waals surface area (Å²) in [5, 5.41) is 3.30. The number of rotatable bonds is 6. The van der Waals surface area contributed by atoms with E-state index >= 15 is 0 Å². The minimum absolute atomic E-state index is 0.115. The standard InChI is InChI=1S/C25H21N3O6/c1-3-32-25(31)22-21(17(12-28(22)2)14-8-9-19-20(10-14)34-13-33-19)27-24(30)23(29)16-11-26-18-7-5-4-6-15(16)18/h4-12,26H,3,13H2,1-2H3,(H,27,30). The van der Waals surface area contributed by atoms with E-state index in [1.165, 1.54) is 6.20 Å².